The first-order valence-electron chi connectivity index (χ1n) is 16.9. The fourth-order valence-electron chi connectivity index (χ4n) is 5.44. The molecule has 0 aliphatic carbocycles. The van der Waals surface area contributed by atoms with Gasteiger partial charge in [0.15, 0.2) is 0 Å². The van der Waals surface area contributed by atoms with Gasteiger partial charge in [0, 0.05) is 24.3 Å². The van der Waals surface area contributed by atoms with E-state index < -0.39 is 66.8 Å². The fourth-order valence-corrected chi connectivity index (χ4v) is 5.44. The van der Waals surface area contributed by atoms with E-state index in [0.717, 1.165) is 6.42 Å². The molecule has 0 fully saturated rings. The summed E-state index contributed by atoms with van der Waals surface area (Å²) in [5, 5.41) is 83.4. The lowest BCUT2D eigenvalue weighted by atomic mass is 9.90. The molecule has 10 nitrogen and oxygen atoms in total. The lowest BCUT2D eigenvalue weighted by Gasteiger charge is -2.27. The zero-order chi connectivity index (χ0) is 35.4. The minimum atomic E-state index is -1.10. The highest BCUT2D eigenvalue weighted by atomic mass is 16.5. The van der Waals surface area contributed by atoms with Gasteiger partial charge in [-0.3, -0.25) is 0 Å². The van der Waals surface area contributed by atoms with Crippen molar-refractivity contribution in [1.82, 2.24) is 0 Å². The van der Waals surface area contributed by atoms with Gasteiger partial charge in [0.1, 0.15) is 6.10 Å². The second-order valence-electron chi connectivity index (χ2n) is 13.0. The summed E-state index contributed by atoms with van der Waals surface area (Å²) in [5.74, 6) is -1.19. The molecule has 268 valence electrons. The minimum Gasteiger partial charge on any atom is -0.458 e. The van der Waals surface area contributed by atoms with Crippen molar-refractivity contribution < 1.29 is 50.4 Å². The van der Waals surface area contributed by atoms with Crippen LogP contribution in [0, 0.1) is 17.8 Å². The monoisotopic (exact) mass is 664 g/mol. The molecule has 0 bridgehead atoms. The molecule has 1 heterocycles. The largest absolute Gasteiger partial charge is 0.458 e. The van der Waals surface area contributed by atoms with Crippen LogP contribution in [0.1, 0.15) is 79.1 Å². The maximum Gasteiger partial charge on any atom is 0.331 e. The number of hydrogen-bond acceptors (Lipinski definition) is 10. The van der Waals surface area contributed by atoms with Gasteiger partial charge in [-0.05, 0) is 44.4 Å². The van der Waals surface area contributed by atoms with Crippen molar-refractivity contribution in [3.63, 3.8) is 0 Å². The molecule has 0 amide bonds. The van der Waals surface area contributed by atoms with E-state index in [4.69, 9.17) is 4.74 Å². The highest BCUT2D eigenvalue weighted by molar-refractivity contribution is 5.82. The van der Waals surface area contributed by atoms with Crippen LogP contribution in [0.25, 0.3) is 0 Å². The van der Waals surface area contributed by atoms with E-state index in [-0.39, 0.29) is 50.4 Å². The van der Waals surface area contributed by atoms with Crippen LogP contribution in [0.5, 0.6) is 0 Å². The van der Waals surface area contributed by atoms with Crippen LogP contribution in [0.3, 0.4) is 0 Å². The molecule has 0 saturated heterocycles. The first-order valence-corrected chi connectivity index (χ1v) is 16.9. The van der Waals surface area contributed by atoms with Crippen molar-refractivity contribution in [2.45, 2.75) is 134 Å². The zero-order valence-electron chi connectivity index (χ0n) is 28.4. The summed E-state index contributed by atoms with van der Waals surface area (Å²) in [6, 6.07) is 0. The molecule has 0 saturated carbocycles. The quantitative estimate of drug-likeness (QED) is 0.161. The lowest BCUT2D eigenvalue weighted by Crippen LogP contribution is -2.34. The second-order valence-corrected chi connectivity index (χ2v) is 13.0. The van der Waals surface area contributed by atoms with Crippen LogP contribution in [0.4, 0.5) is 0 Å². The van der Waals surface area contributed by atoms with Gasteiger partial charge in [-0.15, -0.1) is 0 Å². The summed E-state index contributed by atoms with van der Waals surface area (Å²) in [4.78, 5) is 12.5. The summed E-state index contributed by atoms with van der Waals surface area (Å²) >= 11 is 0. The number of carbonyl (C=O) groups is 1. The lowest BCUT2D eigenvalue weighted by molar-refractivity contribution is -0.147. The number of carbonyl (C=O) groups excluding carboxylic acids is 1. The molecule has 1 aliphatic rings. The van der Waals surface area contributed by atoms with Crippen LogP contribution >= 0.6 is 0 Å². The van der Waals surface area contributed by atoms with Crippen molar-refractivity contribution >= 4 is 5.97 Å². The standard InChI is InChI=1S/C37H60O10/c1-5-25(2)37-26(3)17-18-28(38)19-29(39)20-30(40)21-31(41)22-32(42)23-33(43)24-35(45)27(4)34(44)15-13-11-9-7-6-8-10-12-14-16-36(46)47-37/h6-14,16-18,25-35,37-45H,5,15,19-24H2,1-4H3/b8-6+,9-7+,12-10+,13-11+,16-14+,18-17-/t25-,26+,27-,28-,29-,30+,31-,32-,33+,34-,35-,37-/m0/s1. The Hall–Kier alpha value is -2.41. The number of rotatable bonds is 2. The van der Waals surface area contributed by atoms with Crippen molar-refractivity contribution in [1.29, 1.82) is 0 Å². The van der Waals surface area contributed by atoms with Gasteiger partial charge >= 0.3 is 5.97 Å². The zero-order valence-corrected chi connectivity index (χ0v) is 28.4. The number of aliphatic hydroxyl groups excluding tert-OH is 8. The van der Waals surface area contributed by atoms with Gasteiger partial charge in [0.05, 0.1) is 48.8 Å². The van der Waals surface area contributed by atoms with Crippen molar-refractivity contribution in [2.75, 3.05) is 0 Å². The van der Waals surface area contributed by atoms with Crippen molar-refractivity contribution in [3.05, 3.63) is 72.9 Å². The maximum atomic E-state index is 12.5. The highest BCUT2D eigenvalue weighted by Gasteiger charge is 2.27. The summed E-state index contributed by atoms with van der Waals surface area (Å²) in [6.07, 6.45) is 12.2. The summed E-state index contributed by atoms with van der Waals surface area (Å²) < 4.78 is 5.74. The summed E-state index contributed by atoms with van der Waals surface area (Å²) in [6.45, 7) is 7.55. The third kappa shape index (κ3) is 19.2. The fraction of sp³-hybridized carbons (Fsp3) is 0.649. The van der Waals surface area contributed by atoms with E-state index in [2.05, 4.69) is 0 Å². The molecule has 0 aromatic carbocycles. The molecule has 12 atom stereocenters. The van der Waals surface area contributed by atoms with E-state index >= 15 is 0 Å². The number of hydrogen-bond donors (Lipinski definition) is 8. The summed E-state index contributed by atoms with van der Waals surface area (Å²) in [7, 11) is 0. The first kappa shape index (κ1) is 42.6. The average Bonchev–Trinajstić information content (AvgIpc) is 2.99. The van der Waals surface area contributed by atoms with E-state index in [1.807, 2.05) is 20.8 Å². The summed E-state index contributed by atoms with van der Waals surface area (Å²) in [5.41, 5.74) is 0. The molecular weight excluding hydrogens is 604 g/mol. The molecule has 0 radical (unpaired) electrons. The Labute approximate surface area is 280 Å². The Balaban J connectivity index is 3.01. The van der Waals surface area contributed by atoms with Crippen molar-refractivity contribution in [3.8, 4) is 0 Å². The number of cyclic esters (lactones) is 1. The van der Waals surface area contributed by atoms with Crippen LogP contribution < -0.4 is 0 Å². The Bertz CT molecular complexity index is 1030. The topological polar surface area (TPSA) is 188 Å². The third-order valence-corrected chi connectivity index (χ3v) is 8.55. The van der Waals surface area contributed by atoms with Crippen LogP contribution in [0.2, 0.25) is 0 Å². The SMILES string of the molecule is CC[C@H](C)[C@@H]1OC(=O)/C=C/C=C/C=C/C=C/C=C/C[C@H](O)[C@H](C)[C@@H](O)C[C@H](O)C[C@@H](O)C[C@@H](O)C[C@H](O)C[C@@H](O)C[C@@H](O)/C=C\[C@H]1C. The van der Waals surface area contributed by atoms with Crippen molar-refractivity contribution in [2.24, 2.45) is 17.8 Å². The molecule has 0 aromatic rings. The molecule has 47 heavy (non-hydrogen) atoms. The molecular formula is C37H60O10. The Morgan fingerprint density at radius 2 is 1.13 bits per heavy atom. The van der Waals surface area contributed by atoms with Gasteiger partial charge in [0.25, 0.3) is 0 Å². The normalized spacial score (nSPS) is 40.3. The number of allylic oxidation sites excluding steroid dienone is 8. The Kier molecular flexibility index (Phi) is 21.6. The molecule has 8 N–H and O–H groups in total. The second kappa shape index (κ2) is 23.8. The third-order valence-electron chi connectivity index (χ3n) is 8.55. The number of aliphatic hydroxyl groups is 8. The highest BCUT2D eigenvalue weighted by Crippen LogP contribution is 2.23. The average molecular weight is 665 g/mol. The van der Waals surface area contributed by atoms with Crippen LogP contribution in [0.15, 0.2) is 72.9 Å². The molecule has 1 rings (SSSR count). The predicted molar refractivity (Wildman–Crippen MR) is 183 cm³/mol. The van der Waals surface area contributed by atoms with E-state index in [1.165, 1.54) is 12.2 Å². The number of esters is 1. The Morgan fingerprint density at radius 3 is 1.66 bits per heavy atom. The minimum absolute atomic E-state index is 0.0516. The molecule has 0 aromatic heterocycles. The first-order chi connectivity index (χ1) is 22.2. The van der Waals surface area contributed by atoms with Gasteiger partial charge in [0.2, 0.25) is 0 Å². The molecule has 0 unspecified atom stereocenters. The predicted octanol–water partition coefficient (Wildman–Crippen LogP) is 3.19. The van der Waals surface area contributed by atoms with Crippen LogP contribution in [-0.4, -0.2) is 102 Å². The van der Waals surface area contributed by atoms with E-state index in [1.54, 1.807) is 67.7 Å². The van der Waals surface area contributed by atoms with Gasteiger partial charge in [-0.2, -0.15) is 0 Å². The van der Waals surface area contributed by atoms with E-state index in [9.17, 15) is 45.6 Å². The smallest absolute Gasteiger partial charge is 0.331 e. The molecule has 0 spiro atoms. The number of ether oxygens (including phenoxy) is 1. The van der Waals surface area contributed by atoms with Gasteiger partial charge < -0.3 is 45.6 Å². The van der Waals surface area contributed by atoms with Crippen LogP contribution in [-0.2, 0) is 9.53 Å². The molecule has 10 heteroatoms. The van der Waals surface area contributed by atoms with Gasteiger partial charge in [-0.25, -0.2) is 4.79 Å². The Morgan fingerprint density at radius 1 is 0.660 bits per heavy atom. The van der Waals surface area contributed by atoms with Gasteiger partial charge in [-0.1, -0.05) is 101 Å². The molecule has 1 aliphatic heterocycles. The maximum absolute atomic E-state index is 12.5. The van der Waals surface area contributed by atoms with E-state index in [0.29, 0.717) is 6.42 Å².